The van der Waals surface area contributed by atoms with Gasteiger partial charge in [0.25, 0.3) is 5.91 Å². The van der Waals surface area contributed by atoms with Crippen molar-refractivity contribution >= 4 is 16.9 Å². The molecule has 0 unspecified atom stereocenters. The van der Waals surface area contributed by atoms with Gasteiger partial charge in [-0.1, -0.05) is 6.07 Å². The average molecular weight is 568 g/mol. The molecule has 1 amide bonds. The summed E-state index contributed by atoms with van der Waals surface area (Å²) in [4.78, 5) is 32.5. The van der Waals surface area contributed by atoms with Crippen LogP contribution in [0.1, 0.15) is 53.3 Å². The standard InChI is InChI=1S/C31H33N7O4/c1-41-29-8-9-33-18-25(29)26-16-21(15-22(17-32)34-26)30(40)36-31-35-27-14-20(19-37-10-12-42-13-11-37)2-7-28(27)38(31)23-3-5-24(39)6-4-23/h2,7-9,14-16,18,23-24,39H,3-6,10-13,19H2,1H3,(H,35,36,40)/t23-,24+. The number of carbonyl (C=O) groups is 1. The fourth-order valence-electron chi connectivity index (χ4n) is 5.83. The zero-order valence-electron chi connectivity index (χ0n) is 23.5. The number of imidazole rings is 1. The maximum Gasteiger partial charge on any atom is 0.280 e. The number of aliphatic hydroxyl groups is 1. The lowest BCUT2D eigenvalue weighted by Crippen LogP contribution is -2.35. The molecule has 4 aromatic rings. The van der Waals surface area contributed by atoms with E-state index in [0.717, 1.165) is 62.3 Å². The zero-order valence-corrected chi connectivity index (χ0v) is 23.5. The van der Waals surface area contributed by atoms with E-state index in [1.165, 1.54) is 6.07 Å². The van der Waals surface area contributed by atoms with Gasteiger partial charge in [-0.15, -0.1) is 0 Å². The first-order valence-corrected chi connectivity index (χ1v) is 14.2. The topological polar surface area (TPSA) is 142 Å². The number of methoxy groups -OCH3 is 1. The van der Waals surface area contributed by atoms with Crippen molar-refractivity contribution in [2.45, 2.75) is 44.4 Å². The minimum absolute atomic E-state index is 0.0844. The molecule has 0 radical (unpaired) electrons. The van der Waals surface area contributed by atoms with E-state index in [2.05, 4.69) is 47.6 Å². The molecule has 11 heteroatoms. The van der Waals surface area contributed by atoms with Crippen LogP contribution in [0.2, 0.25) is 0 Å². The number of fused-ring (bicyclic) bond motifs is 1. The number of nitrogens with one attached hydrogen (secondary N) is 1. The number of nitrogens with zero attached hydrogens (tertiary/aromatic N) is 6. The molecule has 11 nitrogen and oxygen atoms in total. The van der Waals surface area contributed by atoms with Crippen LogP contribution in [0.25, 0.3) is 22.3 Å². The summed E-state index contributed by atoms with van der Waals surface area (Å²) in [6, 6.07) is 13.2. The third-order valence-electron chi connectivity index (χ3n) is 8.01. The van der Waals surface area contributed by atoms with Crippen molar-refractivity contribution in [1.82, 2.24) is 24.4 Å². The molecule has 4 heterocycles. The van der Waals surface area contributed by atoms with Crippen molar-refractivity contribution in [2.24, 2.45) is 4.99 Å². The largest absolute Gasteiger partial charge is 0.496 e. The van der Waals surface area contributed by atoms with Crippen LogP contribution in [-0.2, 0) is 11.3 Å². The molecular weight excluding hydrogens is 534 g/mol. The van der Waals surface area contributed by atoms with E-state index < -0.39 is 5.91 Å². The number of morpholine rings is 1. The van der Waals surface area contributed by atoms with Crippen molar-refractivity contribution < 1.29 is 19.4 Å². The lowest BCUT2D eigenvalue weighted by Gasteiger charge is -2.27. The van der Waals surface area contributed by atoms with E-state index in [9.17, 15) is 15.2 Å². The lowest BCUT2D eigenvalue weighted by molar-refractivity contribution is 0.0342. The second-order valence-electron chi connectivity index (χ2n) is 10.8. The van der Waals surface area contributed by atoms with Gasteiger partial charge in [0.2, 0.25) is 5.62 Å². The minimum Gasteiger partial charge on any atom is -0.496 e. The number of rotatable bonds is 6. The number of H-pyrrole nitrogens is 1. The van der Waals surface area contributed by atoms with E-state index >= 15 is 0 Å². The van der Waals surface area contributed by atoms with Gasteiger partial charge in [0, 0.05) is 43.6 Å². The van der Waals surface area contributed by atoms with Crippen LogP contribution in [0.4, 0.5) is 0 Å². The number of hydrogen-bond donors (Lipinski definition) is 2. The molecule has 2 aliphatic rings. The van der Waals surface area contributed by atoms with Gasteiger partial charge >= 0.3 is 0 Å². The molecule has 1 aromatic carbocycles. The summed E-state index contributed by atoms with van der Waals surface area (Å²) in [6.45, 7) is 4.08. The van der Waals surface area contributed by atoms with Crippen molar-refractivity contribution in [3.63, 3.8) is 0 Å². The molecule has 2 N–H and O–H groups in total. The van der Waals surface area contributed by atoms with Gasteiger partial charge in [-0.05, 0) is 61.6 Å². The summed E-state index contributed by atoms with van der Waals surface area (Å²) in [5.41, 5.74) is 4.76. The predicted octanol–water partition coefficient (Wildman–Crippen LogP) is 3.36. The molecule has 3 aromatic heterocycles. The third-order valence-corrected chi connectivity index (χ3v) is 8.01. The Hall–Kier alpha value is -4.37. The number of hydrogen-bond acceptors (Lipinski definition) is 8. The Bertz CT molecular complexity index is 1710. The van der Waals surface area contributed by atoms with Crippen LogP contribution in [0.5, 0.6) is 5.75 Å². The number of aromatic amines is 1. The molecule has 0 bridgehead atoms. The van der Waals surface area contributed by atoms with Gasteiger partial charge < -0.3 is 24.1 Å². The van der Waals surface area contributed by atoms with E-state index in [-0.39, 0.29) is 23.4 Å². The average Bonchev–Trinajstić information content (AvgIpc) is 3.38. The number of aromatic nitrogens is 4. The van der Waals surface area contributed by atoms with Crippen LogP contribution < -0.4 is 10.4 Å². The van der Waals surface area contributed by atoms with Gasteiger partial charge in [-0.3, -0.25) is 14.7 Å². The molecule has 1 saturated heterocycles. The molecule has 1 aliphatic heterocycles. The zero-order chi connectivity index (χ0) is 29.1. The van der Waals surface area contributed by atoms with E-state index in [1.807, 2.05) is 6.07 Å². The van der Waals surface area contributed by atoms with Gasteiger partial charge in [-0.25, -0.2) is 4.98 Å². The Labute approximate surface area is 243 Å². The molecule has 1 aliphatic carbocycles. The number of benzene rings is 1. The molecule has 2 fully saturated rings. The Morgan fingerprint density at radius 2 is 2.00 bits per heavy atom. The minimum atomic E-state index is -0.498. The normalized spacial score (nSPS) is 20.0. The third kappa shape index (κ3) is 5.83. The number of aliphatic hydroxyl groups excluding tert-OH is 1. The molecule has 0 atom stereocenters. The first-order chi connectivity index (χ1) is 20.5. The Morgan fingerprint density at radius 1 is 1.19 bits per heavy atom. The summed E-state index contributed by atoms with van der Waals surface area (Å²) in [5, 5.41) is 19.8. The summed E-state index contributed by atoms with van der Waals surface area (Å²) in [7, 11) is 1.54. The SMILES string of the molecule is COc1ccncc1-c1cc(C(=O)/N=c2\[nH]c3cc(CN4CCOCC4)ccc3n2[C@H]2CC[C@@H](O)CC2)cc(C#N)n1. The van der Waals surface area contributed by atoms with Crippen LogP contribution in [0.3, 0.4) is 0 Å². The lowest BCUT2D eigenvalue weighted by atomic mass is 9.93. The number of ether oxygens (including phenoxy) is 2. The summed E-state index contributed by atoms with van der Waals surface area (Å²) in [6.07, 6.45) is 5.83. The van der Waals surface area contributed by atoms with Gasteiger partial charge in [0.05, 0.1) is 48.7 Å². The van der Waals surface area contributed by atoms with Crippen molar-refractivity contribution in [3.05, 3.63) is 71.2 Å². The fraction of sp³-hybridized carbons (Fsp3) is 0.387. The van der Waals surface area contributed by atoms with Crippen LogP contribution in [-0.4, -0.2) is 74.9 Å². The number of carbonyl (C=O) groups excluding carboxylic acids is 1. The highest BCUT2D eigenvalue weighted by Gasteiger charge is 2.24. The highest BCUT2D eigenvalue weighted by atomic mass is 16.5. The van der Waals surface area contributed by atoms with Crippen LogP contribution in [0.15, 0.2) is 53.8 Å². The van der Waals surface area contributed by atoms with Gasteiger partial charge in [0.1, 0.15) is 17.5 Å². The first kappa shape index (κ1) is 27.8. The Kier molecular flexibility index (Phi) is 8.10. The second-order valence-corrected chi connectivity index (χ2v) is 10.8. The summed E-state index contributed by atoms with van der Waals surface area (Å²) < 4.78 is 13.0. The Morgan fingerprint density at radius 3 is 2.76 bits per heavy atom. The monoisotopic (exact) mass is 567 g/mol. The molecule has 42 heavy (non-hydrogen) atoms. The van der Waals surface area contributed by atoms with Crippen LogP contribution in [0, 0.1) is 11.3 Å². The van der Waals surface area contributed by atoms with E-state index in [4.69, 9.17) is 9.47 Å². The Balaban J connectivity index is 1.41. The second kappa shape index (κ2) is 12.2. The maximum absolute atomic E-state index is 13.7. The van der Waals surface area contributed by atoms with Crippen molar-refractivity contribution in [2.75, 3.05) is 33.4 Å². The fourth-order valence-corrected chi connectivity index (χ4v) is 5.83. The van der Waals surface area contributed by atoms with Gasteiger partial charge in [0.15, 0.2) is 0 Å². The van der Waals surface area contributed by atoms with E-state index in [0.29, 0.717) is 35.5 Å². The highest BCUT2D eigenvalue weighted by molar-refractivity contribution is 5.96. The summed E-state index contributed by atoms with van der Waals surface area (Å²) >= 11 is 0. The van der Waals surface area contributed by atoms with Crippen molar-refractivity contribution in [1.29, 1.82) is 5.26 Å². The molecule has 216 valence electrons. The van der Waals surface area contributed by atoms with E-state index in [1.54, 1.807) is 31.6 Å². The number of amides is 1. The van der Waals surface area contributed by atoms with Crippen LogP contribution >= 0.6 is 0 Å². The molecule has 6 rings (SSSR count). The van der Waals surface area contributed by atoms with Gasteiger partial charge in [-0.2, -0.15) is 10.3 Å². The molecule has 1 saturated carbocycles. The number of nitriles is 1. The first-order valence-electron chi connectivity index (χ1n) is 14.2. The predicted molar refractivity (Wildman–Crippen MR) is 155 cm³/mol. The summed E-state index contributed by atoms with van der Waals surface area (Å²) in [5.74, 6) is 0.0338. The molecular formula is C31H33N7O4. The number of pyridine rings is 2. The molecule has 0 spiro atoms. The highest BCUT2D eigenvalue weighted by Crippen LogP contribution is 2.31. The van der Waals surface area contributed by atoms with Crippen molar-refractivity contribution in [3.8, 4) is 23.1 Å². The quantitative estimate of drug-likeness (QED) is 0.361. The smallest absolute Gasteiger partial charge is 0.280 e. The maximum atomic E-state index is 13.7.